The maximum Gasteiger partial charge on any atom is 0.326 e. The van der Waals surface area contributed by atoms with Crippen LogP contribution in [0.1, 0.15) is 63.5 Å². The normalized spacial score (nSPS) is 29.9. The Hall–Kier alpha value is -3.85. The number of carbonyl (C=O) groups excluding carboxylic acids is 2. The van der Waals surface area contributed by atoms with Gasteiger partial charge in [0.15, 0.2) is 0 Å². The molecule has 0 spiro atoms. The molecule has 5 N–H and O–H groups in total. The number of nitrogens with one attached hydrogen (secondary N) is 2. The highest BCUT2D eigenvalue weighted by Crippen LogP contribution is 2.61. The van der Waals surface area contributed by atoms with Crippen molar-refractivity contribution in [1.82, 2.24) is 14.9 Å². The van der Waals surface area contributed by atoms with E-state index in [9.17, 15) is 19.5 Å². The van der Waals surface area contributed by atoms with Gasteiger partial charge in [0.2, 0.25) is 11.3 Å². The van der Waals surface area contributed by atoms with Crippen LogP contribution in [0.4, 0.5) is 5.69 Å². The number of H-pyrrole nitrogens is 1. The van der Waals surface area contributed by atoms with E-state index >= 15 is 0 Å². The Kier molecular flexibility index (Phi) is 3.98. The van der Waals surface area contributed by atoms with E-state index in [1.165, 1.54) is 11.6 Å². The Morgan fingerprint density at radius 1 is 1.26 bits per heavy atom. The first kappa shape index (κ1) is 21.7. The second-order valence-electron chi connectivity index (χ2n) is 10.2. The molecule has 1 aromatic heterocycles. The zero-order valence-corrected chi connectivity index (χ0v) is 19.9. The number of nitrogen functional groups attached to an aromatic ring is 1. The Labute approximate surface area is 200 Å². The number of fused-ring (bicyclic) bond motifs is 5. The summed E-state index contributed by atoms with van der Waals surface area (Å²) < 4.78 is 7.45. The molecule has 2 aromatic carbocycles. The number of nitrogens with zero attached hydrogens (tertiary/aromatic N) is 1. The number of aromatic amines is 1. The summed E-state index contributed by atoms with van der Waals surface area (Å²) in [6, 6.07) is 10.3. The monoisotopic (exact) mass is 474 g/mol. The highest BCUT2D eigenvalue weighted by molar-refractivity contribution is 6.16. The summed E-state index contributed by atoms with van der Waals surface area (Å²) in [6.07, 6.45) is 1.02. The van der Waals surface area contributed by atoms with Crippen molar-refractivity contribution in [2.45, 2.75) is 43.9 Å². The molecule has 0 radical (unpaired) electrons. The minimum atomic E-state index is -2.22. The number of hydrogen-bond donors (Lipinski definition) is 4. The lowest BCUT2D eigenvalue weighted by molar-refractivity contribution is -0.169. The smallest absolute Gasteiger partial charge is 0.326 e. The predicted octanol–water partition coefficient (Wildman–Crippen LogP) is 1.96. The fourth-order valence-electron chi connectivity index (χ4n) is 5.76. The first-order valence-corrected chi connectivity index (χ1v) is 11.5. The van der Waals surface area contributed by atoms with Crippen molar-refractivity contribution in [3.63, 3.8) is 0 Å². The summed E-state index contributed by atoms with van der Waals surface area (Å²) >= 11 is 0. The second kappa shape index (κ2) is 6.42. The summed E-state index contributed by atoms with van der Waals surface area (Å²) in [4.78, 5) is 42.2. The van der Waals surface area contributed by atoms with Crippen LogP contribution in [0, 0.1) is 12.8 Å². The number of aliphatic hydroxyl groups is 1. The quantitative estimate of drug-likeness (QED) is 0.428. The standard InChI is InChI=1S/C26H26N4O5/c1-12-11-24(12,3)14-8-9-15-18(10-14)35-26(34)16-6-5-7-17(27)19(16)21(31)25(15,26)29-22(32)20-13(2)30(4)23(33)28-20/h5-10,12,34H,11,27H2,1-4H3,(H,28,33)(H,29,32)/t12-,24+,25?,26?/m0/s1. The Bertz CT molecular complexity index is 1540. The maximum atomic E-state index is 14.0. The van der Waals surface area contributed by atoms with Crippen LogP contribution in [0.5, 0.6) is 5.75 Å². The average molecular weight is 475 g/mol. The van der Waals surface area contributed by atoms with Gasteiger partial charge in [0, 0.05) is 29.6 Å². The molecule has 3 aromatic rings. The molecule has 0 saturated heterocycles. The number of imidazole rings is 1. The molecule has 9 heteroatoms. The summed E-state index contributed by atoms with van der Waals surface area (Å²) in [5.41, 5.74) is 5.91. The number of anilines is 1. The van der Waals surface area contributed by atoms with Crippen molar-refractivity contribution in [1.29, 1.82) is 0 Å². The largest absolute Gasteiger partial charge is 0.454 e. The summed E-state index contributed by atoms with van der Waals surface area (Å²) in [5.74, 6) is -2.69. The molecule has 1 aliphatic heterocycles. The molecule has 2 aliphatic carbocycles. The van der Waals surface area contributed by atoms with Gasteiger partial charge in [-0.05, 0) is 42.4 Å². The summed E-state index contributed by atoms with van der Waals surface area (Å²) in [5, 5.41) is 14.8. The van der Waals surface area contributed by atoms with Crippen LogP contribution in [0.2, 0.25) is 0 Å². The topological polar surface area (TPSA) is 139 Å². The number of ether oxygens (including phenoxy) is 1. The van der Waals surface area contributed by atoms with Gasteiger partial charge in [-0.3, -0.25) is 14.2 Å². The van der Waals surface area contributed by atoms with E-state index in [1.54, 1.807) is 31.2 Å². The Morgan fingerprint density at radius 3 is 2.60 bits per heavy atom. The zero-order valence-electron chi connectivity index (χ0n) is 19.9. The highest BCUT2D eigenvalue weighted by Gasteiger charge is 2.72. The van der Waals surface area contributed by atoms with Crippen molar-refractivity contribution in [2.24, 2.45) is 13.0 Å². The SMILES string of the molecule is Cc1c(C(=O)NC23C(=O)c4c(N)cccc4C2(O)Oc2cc([C@]4(C)C[C@@H]4C)ccc23)[nH]c(=O)n1C. The van der Waals surface area contributed by atoms with E-state index in [-0.39, 0.29) is 27.9 Å². The van der Waals surface area contributed by atoms with Crippen LogP contribution in [0.25, 0.3) is 0 Å². The molecule has 9 nitrogen and oxygen atoms in total. The number of amides is 1. The van der Waals surface area contributed by atoms with Crippen LogP contribution >= 0.6 is 0 Å². The fourth-order valence-corrected chi connectivity index (χ4v) is 5.76. The molecular formula is C26H26N4O5. The molecule has 0 bridgehead atoms. The van der Waals surface area contributed by atoms with Gasteiger partial charge in [0.05, 0.1) is 5.56 Å². The van der Waals surface area contributed by atoms with Gasteiger partial charge in [0.25, 0.3) is 11.7 Å². The van der Waals surface area contributed by atoms with Crippen molar-refractivity contribution >= 4 is 17.4 Å². The number of carbonyl (C=O) groups is 2. The van der Waals surface area contributed by atoms with E-state index in [0.29, 0.717) is 22.9 Å². The predicted molar refractivity (Wildman–Crippen MR) is 127 cm³/mol. The van der Waals surface area contributed by atoms with Crippen molar-refractivity contribution < 1.29 is 19.4 Å². The molecular weight excluding hydrogens is 448 g/mol. The average Bonchev–Trinajstić information content (AvgIpc) is 3.16. The van der Waals surface area contributed by atoms with E-state index in [1.807, 2.05) is 12.1 Å². The lowest BCUT2D eigenvalue weighted by atomic mass is 9.81. The van der Waals surface area contributed by atoms with Crippen molar-refractivity contribution in [3.05, 3.63) is 80.5 Å². The van der Waals surface area contributed by atoms with E-state index in [2.05, 4.69) is 24.1 Å². The number of ketones is 1. The number of aromatic nitrogens is 2. The van der Waals surface area contributed by atoms with Crippen LogP contribution in [0.15, 0.2) is 41.2 Å². The molecule has 6 rings (SSSR count). The minimum Gasteiger partial charge on any atom is -0.454 e. The van der Waals surface area contributed by atoms with Gasteiger partial charge in [-0.25, -0.2) is 4.79 Å². The molecule has 180 valence electrons. The summed E-state index contributed by atoms with van der Waals surface area (Å²) in [6.45, 7) is 5.95. The van der Waals surface area contributed by atoms with Gasteiger partial charge in [-0.15, -0.1) is 0 Å². The van der Waals surface area contributed by atoms with Gasteiger partial charge in [0.1, 0.15) is 11.4 Å². The number of benzene rings is 2. The second-order valence-corrected chi connectivity index (χ2v) is 10.2. The Balaban J connectivity index is 1.56. The lowest BCUT2D eigenvalue weighted by Crippen LogP contribution is -2.60. The molecule has 2 heterocycles. The number of nitrogens with two attached hydrogens (primary N) is 1. The number of Topliss-reactive ketones (excluding diaryl/α,β-unsaturated/α-hetero) is 1. The number of hydrogen-bond acceptors (Lipinski definition) is 6. The van der Waals surface area contributed by atoms with Crippen molar-refractivity contribution in [2.75, 3.05) is 5.73 Å². The molecule has 2 unspecified atom stereocenters. The number of rotatable bonds is 3. The molecule has 1 amide bonds. The van der Waals surface area contributed by atoms with E-state index in [4.69, 9.17) is 10.5 Å². The van der Waals surface area contributed by atoms with E-state index < -0.39 is 28.7 Å². The highest BCUT2D eigenvalue weighted by atomic mass is 16.6. The maximum absolute atomic E-state index is 14.0. The fraction of sp³-hybridized carbons (Fsp3) is 0.346. The molecule has 3 aliphatic rings. The molecule has 1 saturated carbocycles. The molecule has 35 heavy (non-hydrogen) atoms. The van der Waals surface area contributed by atoms with Crippen LogP contribution < -0.4 is 21.5 Å². The van der Waals surface area contributed by atoms with Crippen LogP contribution in [-0.4, -0.2) is 26.3 Å². The van der Waals surface area contributed by atoms with Gasteiger partial charge in [-0.2, -0.15) is 0 Å². The van der Waals surface area contributed by atoms with Crippen LogP contribution in [-0.2, 0) is 23.8 Å². The van der Waals surface area contributed by atoms with Gasteiger partial charge < -0.3 is 25.9 Å². The van der Waals surface area contributed by atoms with Crippen molar-refractivity contribution in [3.8, 4) is 5.75 Å². The van der Waals surface area contributed by atoms with Crippen LogP contribution in [0.3, 0.4) is 0 Å². The van der Waals surface area contributed by atoms with Gasteiger partial charge >= 0.3 is 5.69 Å². The van der Waals surface area contributed by atoms with E-state index in [0.717, 1.165) is 12.0 Å². The third kappa shape index (κ3) is 2.43. The Morgan fingerprint density at radius 2 is 1.97 bits per heavy atom. The lowest BCUT2D eigenvalue weighted by Gasteiger charge is -2.34. The summed E-state index contributed by atoms with van der Waals surface area (Å²) in [7, 11) is 1.53. The first-order valence-electron chi connectivity index (χ1n) is 11.5. The first-order chi connectivity index (χ1) is 16.5. The zero-order chi connectivity index (χ0) is 25.1. The molecule has 1 fully saturated rings. The minimum absolute atomic E-state index is 0.00432. The third-order valence-electron chi connectivity index (χ3n) is 8.43. The third-order valence-corrected chi connectivity index (χ3v) is 8.43. The molecule has 4 atom stereocenters. The van der Waals surface area contributed by atoms with Gasteiger partial charge in [-0.1, -0.05) is 38.1 Å².